The first-order valence-corrected chi connectivity index (χ1v) is 7.50. The summed E-state index contributed by atoms with van der Waals surface area (Å²) >= 11 is 0. The van der Waals surface area contributed by atoms with Gasteiger partial charge >= 0.3 is 10.3 Å². The van der Waals surface area contributed by atoms with E-state index in [0.717, 1.165) is 30.3 Å². The summed E-state index contributed by atoms with van der Waals surface area (Å²) in [5.41, 5.74) is 7.66. The largest absolute Gasteiger partial charge is 0.508 e. The van der Waals surface area contributed by atoms with E-state index in [0.29, 0.717) is 0 Å². The predicted octanol–water partition coefficient (Wildman–Crippen LogP) is 1.97. The summed E-state index contributed by atoms with van der Waals surface area (Å²) < 4.78 is 29.2. The second kappa shape index (κ2) is 6.36. The lowest BCUT2D eigenvalue weighted by Crippen LogP contribution is -2.06. The van der Waals surface area contributed by atoms with Crippen molar-refractivity contribution in [2.24, 2.45) is 4.52 Å². The van der Waals surface area contributed by atoms with Gasteiger partial charge < -0.3 is 19.5 Å². The average Bonchev–Trinajstić information content (AvgIpc) is 2.46. The molecule has 124 valence electrons. The molecule has 0 aliphatic heterocycles. The molecule has 11 heteroatoms. The number of phenols is 3. The number of nitrogens with zero attached hydrogens (tertiary/aromatic N) is 3. The molecular weight excluding hydrogens is 342 g/mol. The van der Waals surface area contributed by atoms with Crippen LogP contribution in [0.2, 0.25) is 0 Å². The van der Waals surface area contributed by atoms with Gasteiger partial charge in [0, 0.05) is 17.0 Å². The van der Waals surface area contributed by atoms with Crippen molar-refractivity contribution in [3.05, 3.63) is 58.0 Å². The predicted molar refractivity (Wildman–Crippen MR) is 80.0 cm³/mol. The highest BCUT2D eigenvalue weighted by atomic mass is 32.2. The minimum atomic E-state index is -4.55. The Morgan fingerprint density at radius 3 is 2.17 bits per heavy atom. The number of phenolic OH excluding ortho intramolecular Hbond substituents is 3. The van der Waals surface area contributed by atoms with Gasteiger partial charge in [-0.1, -0.05) is 0 Å². The molecule has 0 heterocycles. The number of ketones is 1. The van der Waals surface area contributed by atoms with Crippen molar-refractivity contribution in [3.63, 3.8) is 0 Å². The summed E-state index contributed by atoms with van der Waals surface area (Å²) in [5, 5.41) is 28.7. The molecule has 3 N–H and O–H groups in total. The molecular formula is C13H9N3O7S. The Bertz CT molecular complexity index is 966. The van der Waals surface area contributed by atoms with E-state index in [1.165, 1.54) is 6.07 Å². The van der Waals surface area contributed by atoms with E-state index in [1.807, 2.05) is 0 Å². The molecule has 0 atom stereocenters. The van der Waals surface area contributed by atoms with E-state index in [9.17, 15) is 28.5 Å². The fourth-order valence-corrected chi connectivity index (χ4v) is 2.27. The Balaban J connectivity index is 2.36. The van der Waals surface area contributed by atoms with Crippen LogP contribution in [-0.4, -0.2) is 29.5 Å². The van der Waals surface area contributed by atoms with Crippen LogP contribution in [0.3, 0.4) is 0 Å². The van der Waals surface area contributed by atoms with Crippen LogP contribution in [0, 0.1) is 0 Å². The number of benzene rings is 2. The lowest BCUT2D eigenvalue weighted by molar-refractivity contribution is 0.103. The first kappa shape index (κ1) is 16.9. The summed E-state index contributed by atoms with van der Waals surface area (Å²) in [4.78, 5) is 14.3. The van der Waals surface area contributed by atoms with Crippen molar-refractivity contribution in [2.75, 3.05) is 0 Å². The van der Waals surface area contributed by atoms with Crippen molar-refractivity contribution < 1.29 is 32.7 Å². The van der Waals surface area contributed by atoms with E-state index in [1.54, 1.807) is 0 Å². The molecule has 2 rings (SSSR count). The number of carbonyl (C=O) groups is 1. The van der Waals surface area contributed by atoms with Crippen LogP contribution in [0.1, 0.15) is 15.9 Å². The lowest BCUT2D eigenvalue weighted by Gasteiger charge is -2.08. The molecule has 0 spiro atoms. The SMILES string of the molecule is [N-]=[N+]=NS(=O)(=O)Oc1ccc(C(=O)c2ccc(O)cc2O)c(O)c1. The van der Waals surface area contributed by atoms with Crippen LogP contribution in [-0.2, 0) is 10.3 Å². The highest BCUT2D eigenvalue weighted by molar-refractivity contribution is 7.85. The first-order chi connectivity index (χ1) is 11.2. The van der Waals surface area contributed by atoms with Gasteiger partial charge in [0.2, 0.25) is 0 Å². The highest BCUT2D eigenvalue weighted by Crippen LogP contribution is 2.30. The smallest absolute Gasteiger partial charge is 0.403 e. The van der Waals surface area contributed by atoms with Gasteiger partial charge in [0.15, 0.2) is 5.78 Å². The molecule has 10 nitrogen and oxygen atoms in total. The molecule has 0 bridgehead atoms. The molecule has 0 unspecified atom stereocenters. The van der Waals surface area contributed by atoms with Gasteiger partial charge in [-0.05, 0) is 29.8 Å². The second-order valence-corrected chi connectivity index (χ2v) is 5.58. The van der Waals surface area contributed by atoms with Crippen molar-refractivity contribution >= 4 is 16.1 Å². The topological polar surface area (TPSA) is 170 Å². The zero-order chi connectivity index (χ0) is 17.9. The lowest BCUT2D eigenvalue weighted by atomic mass is 10.0. The zero-order valence-electron chi connectivity index (χ0n) is 11.7. The quantitative estimate of drug-likeness (QED) is 0.320. The Hall–Kier alpha value is -3.43. The normalized spacial score (nSPS) is 10.7. The Morgan fingerprint density at radius 1 is 1.04 bits per heavy atom. The van der Waals surface area contributed by atoms with Crippen LogP contribution in [0.25, 0.3) is 10.4 Å². The minimum Gasteiger partial charge on any atom is -0.508 e. The molecule has 0 aliphatic rings. The molecule has 0 saturated carbocycles. The summed E-state index contributed by atoms with van der Waals surface area (Å²) in [6.07, 6.45) is 0. The molecule has 0 aromatic heterocycles. The van der Waals surface area contributed by atoms with Crippen molar-refractivity contribution in [1.82, 2.24) is 0 Å². The molecule has 0 saturated heterocycles. The fraction of sp³-hybridized carbons (Fsp3) is 0. The summed E-state index contributed by atoms with van der Waals surface area (Å²) in [6, 6.07) is 6.22. The molecule has 0 radical (unpaired) electrons. The average molecular weight is 351 g/mol. The molecule has 0 amide bonds. The Kier molecular flexibility index (Phi) is 4.49. The van der Waals surface area contributed by atoms with Gasteiger partial charge in [-0.3, -0.25) is 4.79 Å². The Labute approximate surface area is 135 Å². The summed E-state index contributed by atoms with van der Waals surface area (Å²) in [6.45, 7) is 0. The van der Waals surface area contributed by atoms with Gasteiger partial charge in [-0.15, -0.1) is 0 Å². The Morgan fingerprint density at radius 2 is 1.62 bits per heavy atom. The minimum absolute atomic E-state index is 0.182. The van der Waals surface area contributed by atoms with Gasteiger partial charge in [0.05, 0.1) is 15.6 Å². The number of carbonyl (C=O) groups excluding carboxylic acids is 1. The van der Waals surface area contributed by atoms with E-state index in [4.69, 9.17) is 5.53 Å². The van der Waals surface area contributed by atoms with E-state index in [-0.39, 0.29) is 22.6 Å². The molecule has 0 fully saturated rings. The van der Waals surface area contributed by atoms with Crippen molar-refractivity contribution in [2.45, 2.75) is 0 Å². The third-order valence-corrected chi connectivity index (χ3v) is 3.45. The number of hydrogen-bond donors (Lipinski definition) is 3. The third kappa shape index (κ3) is 3.66. The molecule has 2 aromatic carbocycles. The first-order valence-electron chi connectivity index (χ1n) is 6.14. The van der Waals surface area contributed by atoms with Crippen LogP contribution >= 0.6 is 0 Å². The van der Waals surface area contributed by atoms with E-state index in [2.05, 4.69) is 13.6 Å². The van der Waals surface area contributed by atoms with E-state index < -0.39 is 27.6 Å². The molecule has 24 heavy (non-hydrogen) atoms. The molecule has 2 aromatic rings. The third-order valence-electron chi connectivity index (χ3n) is 2.78. The van der Waals surface area contributed by atoms with Gasteiger partial charge in [-0.2, -0.15) is 8.42 Å². The van der Waals surface area contributed by atoms with Crippen LogP contribution in [0.15, 0.2) is 40.9 Å². The van der Waals surface area contributed by atoms with E-state index >= 15 is 0 Å². The standard InChI is InChI=1S/C13H9N3O7S/c14-15-16-24(21,22)23-8-2-4-10(12(19)6-8)13(20)9-3-1-7(17)5-11(9)18/h1-6,17-19H. The van der Waals surface area contributed by atoms with Gasteiger partial charge in [-0.25, -0.2) is 0 Å². The maximum Gasteiger partial charge on any atom is 0.403 e. The maximum atomic E-state index is 12.3. The second-order valence-electron chi connectivity index (χ2n) is 4.39. The monoisotopic (exact) mass is 351 g/mol. The fourth-order valence-electron chi connectivity index (χ4n) is 1.80. The maximum absolute atomic E-state index is 12.3. The highest BCUT2D eigenvalue weighted by Gasteiger charge is 2.19. The number of aromatic hydroxyl groups is 3. The zero-order valence-corrected chi connectivity index (χ0v) is 12.5. The number of azide groups is 1. The van der Waals surface area contributed by atoms with Crippen LogP contribution in [0.4, 0.5) is 0 Å². The summed E-state index contributed by atoms with van der Waals surface area (Å²) in [5.74, 6) is -2.52. The van der Waals surface area contributed by atoms with Gasteiger partial charge in [0.1, 0.15) is 23.0 Å². The van der Waals surface area contributed by atoms with Crippen LogP contribution in [0.5, 0.6) is 23.0 Å². The number of hydrogen-bond acceptors (Lipinski definition) is 7. The number of rotatable bonds is 5. The van der Waals surface area contributed by atoms with Crippen LogP contribution < -0.4 is 4.18 Å². The van der Waals surface area contributed by atoms with Crippen molar-refractivity contribution in [3.8, 4) is 23.0 Å². The summed E-state index contributed by atoms with van der Waals surface area (Å²) in [7, 11) is -4.55. The van der Waals surface area contributed by atoms with Gasteiger partial charge in [0.25, 0.3) is 0 Å². The molecule has 0 aliphatic carbocycles. The van der Waals surface area contributed by atoms with Crippen molar-refractivity contribution in [1.29, 1.82) is 0 Å².